The number of carbonyl (C=O) groups excluding carboxylic acids is 1. The van der Waals surface area contributed by atoms with E-state index in [1.54, 1.807) is 18.3 Å². The number of halogens is 1. The quantitative estimate of drug-likeness (QED) is 0.287. The summed E-state index contributed by atoms with van der Waals surface area (Å²) in [5.74, 6) is 0.418. The monoisotopic (exact) mass is 468 g/mol. The lowest BCUT2D eigenvalue weighted by Gasteiger charge is -2.12. The van der Waals surface area contributed by atoms with Gasteiger partial charge >= 0.3 is 0 Å². The van der Waals surface area contributed by atoms with E-state index in [0.717, 1.165) is 33.1 Å². The average molecular weight is 469 g/mol. The van der Waals surface area contributed by atoms with Gasteiger partial charge in [0.25, 0.3) is 5.91 Å². The Hall–Kier alpha value is -3.87. The van der Waals surface area contributed by atoms with Gasteiger partial charge in [0.15, 0.2) is 5.82 Å². The van der Waals surface area contributed by atoms with E-state index in [1.165, 1.54) is 11.5 Å². The van der Waals surface area contributed by atoms with Crippen LogP contribution in [0.15, 0.2) is 97.2 Å². The average Bonchev–Trinajstić information content (AvgIpc) is 3.36. The molecule has 7 heteroatoms. The second-order valence-electron chi connectivity index (χ2n) is 7.21. The number of carbonyl (C=O) groups is 1. The van der Waals surface area contributed by atoms with Gasteiger partial charge in [0.1, 0.15) is 10.2 Å². The van der Waals surface area contributed by atoms with Crippen LogP contribution in [-0.2, 0) is 0 Å². The fraction of sp³-hybridized carbons (Fsp3) is 0. The number of nitrogens with one attached hydrogen (secondary N) is 1. The van der Waals surface area contributed by atoms with E-state index in [-0.39, 0.29) is 11.1 Å². The summed E-state index contributed by atoms with van der Waals surface area (Å²) in [6.45, 7) is 0. The van der Waals surface area contributed by atoms with Crippen LogP contribution in [0.3, 0.4) is 0 Å². The third kappa shape index (κ3) is 4.53. The molecular formula is C26H17ClN4OS. The van der Waals surface area contributed by atoms with Crippen molar-refractivity contribution in [2.45, 2.75) is 0 Å². The van der Waals surface area contributed by atoms with Crippen molar-refractivity contribution in [1.29, 1.82) is 0 Å². The molecule has 5 aromatic rings. The predicted octanol–water partition coefficient (Wildman–Crippen LogP) is 6.84. The first-order valence-corrected chi connectivity index (χ1v) is 11.3. The second kappa shape index (κ2) is 9.32. The number of hydrogen-bond donors (Lipinski definition) is 1. The van der Waals surface area contributed by atoms with Gasteiger partial charge in [-0.15, -0.1) is 0 Å². The molecule has 0 unspecified atom stereocenters. The number of pyridine rings is 1. The van der Waals surface area contributed by atoms with Crippen LogP contribution >= 0.6 is 23.1 Å². The summed E-state index contributed by atoms with van der Waals surface area (Å²) in [4.78, 5) is 21.4. The molecule has 33 heavy (non-hydrogen) atoms. The maximum absolute atomic E-state index is 12.7. The first kappa shape index (κ1) is 21.0. The maximum Gasteiger partial charge on any atom is 0.258 e. The van der Waals surface area contributed by atoms with Gasteiger partial charge in [0, 0.05) is 28.6 Å². The Labute approximate surface area is 199 Å². The fourth-order valence-electron chi connectivity index (χ4n) is 3.43. The number of hydrogen-bond acceptors (Lipinski definition) is 5. The Balaban J connectivity index is 1.40. The Morgan fingerprint density at radius 3 is 2.30 bits per heavy atom. The van der Waals surface area contributed by atoms with E-state index >= 15 is 0 Å². The Bertz CT molecular complexity index is 1420. The molecule has 0 saturated carbocycles. The van der Waals surface area contributed by atoms with Gasteiger partial charge in [0.2, 0.25) is 0 Å². The lowest BCUT2D eigenvalue weighted by atomic mass is 10.0. The highest BCUT2D eigenvalue weighted by Gasteiger charge is 2.14. The van der Waals surface area contributed by atoms with E-state index in [0.29, 0.717) is 11.3 Å². The molecule has 160 valence electrons. The summed E-state index contributed by atoms with van der Waals surface area (Å²) in [7, 11) is 0. The number of para-hydroxylation sites is 1. The molecule has 2 aromatic heterocycles. The van der Waals surface area contributed by atoms with Crippen LogP contribution in [0.2, 0.25) is 5.15 Å². The molecule has 5 nitrogen and oxygen atoms in total. The van der Waals surface area contributed by atoms with Gasteiger partial charge in [-0.25, -0.2) is 9.97 Å². The van der Waals surface area contributed by atoms with Crippen LogP contribution in [0.25, 0.3) is 33.1 Å². The van der Waals surface area contributed by atoms with E-state index in [1.807, 2.05) is 78.9 Å². The highest BCUT2D eigenvalue weighted by molar-refractivity contribution is 7.09. The number of anilines is 1. The zero-order valence-electron chi connectivity index (χ0n) is 17.3. The molecule has 0 fully saturated rings. The van der Waals surface area contributed by atoms with E-state index in [2.05, 4.69) is 19.7 Å². The number of aromatic nitrogens is 3. The van der Waals surface area contributed by atoms with Crippen molar-refractivity contribution in [3.8, 4) is 33.1 Å². The molecule has 0 aliphatic heterocycles. The SMILES string of the molecule is O=C(Nc1ccccc1-c1ccc(-c2nc(-c3ccccc3)ns2)cc1)c1cccnc1Cl. The molecule has 1 amide bonds. The molecule has 0 aliphatic rings. The van der Waals surface area contributed by atoms with Crippen LogP contribution in [0.4, 0.5) is 5.69 Å². The highest BCUT2D eigenvalue weighted by Crippen LogP contribution is 2.32. The maximum atomic E-state index is 12.7. The summed E-state index contributed by atoms with van der Waals surface area (Å²) in [5.41, 5.74) is 4.88. The molecule has 3 aromatic carbocycles. The van der Waals surface area contributed by atoms with Crippen molar-refractivity contribution in [3.05, 3.63) is 108 Å². The van der Waals surface area contributed by atoms with Crippen molar-refractivity contribution in [1.82, 2.24) is 14.3 Å². The second-order valence-corrected chi connectivity index (χ2v) is 8.32. The lowest BCUT2D eigenvalue weighted by Crippen LogP contribution is -2.13. The number of nitrogens with zero attached hydrogens (tertiary/aromatic N) is 3. The number of amides is 1. The molecule has 1 N–H and O–H groups in total. The standard InChI is InChI=1S/C26H17ClN4OS/c27-23-21(10-6-16-28-23)25(32)29-22-11-5-4-9-20(22)17-12-14-19(15-13-17)26-30-24(31-33-26)18-7-2-1-3-8-18/h1-16H,(H,29,32). The van der Waals surface area contributed by atoms with Gasteiger partial charge in [0.05, 0.1) is 5.56 Å². The molecule has 2 heterocycles. The Morgan fingerprint density at radius 1 is 0.788 bits per heavy atom. The highest BCUT2D eigenvalue weighted by atomic mass is 35.5. The summed E-state index contributed by atoms with van der Waals surface area (Å²) in [5, 5.41) is 3.98. The van der Waals surface area contributed by atoms with Crippen molar-refractivity contribution in [3.63, 3.8) is 0 Å². The van der Waals surface area contributed by atoms with Crippen LogP contribution in [0, 0.1) is 0 Å². The number of benzene rings is 3. The minimum atomic E-state index is -0.306. The zero-order chi connectivity index (χ0) is 22.6. The van der Waals surface area contributed by atoms with Gasteiger partial charge < -0.3 is 5.32 Å². The van der Waals surface area contributed by atoms with Gasteiger partial charge in [-0.05, 0) is 35.3 Å². The molecular weight excluding hydrogens is 452 g/mol. The van der Waals surface area contributed by atoms with Crippen LogP contribution in [-0.4, -0.2) is 20.2 Å². The van der Waals surface area contributed by atoms with Crippen molar-refractivity contribution in [2.75, 3.05) is 5.32 Å². The largest absolute Gasteiger partial charge is 0.321 e. The minimum Gasteiger partial charge on any atom is -0.321 e. The molecule has 0 radical (unpaired) electrons. The molecule has 0 saturated heterocycles. The van der Waals surface area contributed by atoms with Gasteiger partial charge in [-0.3, -0.25) is 4.79 Å². The van der Waals surface area contributed by atoms with Crippen molar-refractivity contribution < 1.29 is 4.79 Å². The molecule has 0 spiro atoms. The van der Waals surface area contributed by atoms with E-state index in [4.69, 9.17) is 11.6 Å². The normalized spacial score (nSPS) is 10.7. The van der Waals surface area contributed by atoms with Crippen LogP contribution < -0.4 is 5.32 Å². The lowest BCUT2D eigenvalue weighted by molar-refractivity contribution is 0.102. The Kier molecular flexibility index (Phi) is 5.93. The minimum absolute atomic E-state index is 0.170. The number of rotatable bonds is 5. The topological polar surface area (TPSA) is 67.8 Å². The van der Waals surface area contributed by atoms with Crippen LogP contribution in [0.1, 0.15) is 10.4 Å². The van der Waals surface area contributed by atoms with Crippen molar-refractivity contribution >= 4 is 34.7 Å². The molecule has 0 atom stereocenters. The summed E-state index contributed by atoms with van der Waals surface area (Å²) in [6.07, 6.45) is 1.55. The van der Waals surface area contributed by atoms with Crippen molar-refractivity contribution in [2.24, 2.45) is 0 Å². The smallest absolute Gasteiger partial charge is 0.258 e. The molecule has 0 bridgehead atoms. The third-order valence-electron chi connectivity index (χ3n) is 5.08. The van der Waals surface area contributed by atoms with E-state index in [9.17, 15) is 4.79 Å². The van der Waals surface area contributed by atoms with Gasteiger partial charge in [-0.1, -0.05) is 84.4 Å². The fourth-order valence-corrected chi connectivity index (χ4v) is 4.32. The predicted molar refractivity (Wildman–Crippen MR) is 133 cm³/mol. The molecule has 0 aliphatic carbocycles. The zero-order valence-corrected chi connectivity index (χ0v) is 18.8. The first-order chi connectivity index (χ1) is 16.2. The third-order valence-corrected chi connectivity index (χ3v) is 6.15. The first-order valence-electron chi connectivity index (χ1n) is 10.2. The summed E-state index contributed by atoms with van der Waals surface area (Å²) in [6, 6.07) is 29.0. The Morgan fingerprint density at radius 2 is 1.52 bits per heavy atom. The van der Waals surface area contributed by atoms with E-state index < -0.39 is 0 Å². The summed E-state index contributed by atoms with van der Waals surface area (Å²) < 4.78 is 4.49. The van der Waals surface area contributed by atoms with Crippen LogP contribution in [0.5, 0.6) is 0 Å². The molecule has 5 rings (SSSR count). The van der Waals surface area contributed by atoms with Gasteiger partial charge in [-0.2, -0.15) is 4.37 Å². The summed E-state index contributed by atoms with van der Waals surface area (Å²) >= 11 is 7.45.